The van der Waals surface area contributed by atoms with Gasteiger partial charge in [0.05, 0.1) is 16.2 Å². The molecule has 0 aliphatic heterocycles. The van der Waals surface area contributed by atoms with Crippen molar-refractivity contribution in [2.24, 2.45) is 0 Å². The molecule has 0 fully saturated rings. The van der Waals surface area contributed by atoms with Crippen LogP contribution in [0.1, 0.15) is 83.2 Å². The number of nitrogens with one attached hydrogen (secondary N) is 2. The third-order valence-electron chi connectivity index (χ3n) is 8.74. The Bertz CT molecular complexity index is 1390. The minimum Gasteiger partial charge on any atom is -0.482 e. The van der Waals surface area contributed by atoms with Crippen LogP contribution in [0.25, 0.3) is 10.9 Å². The molecule has 0 radical (unpaired) electrons. The maximum atomic E-state index is 14.0. The number of amides is 2. The van der Waals surface area contributed by atoms with Crippen LogP contribution in [-0.2, 0) is 16.0 Å². The number of aliphatic hydroxyl groups excluding tert-OH is 2. The van der Waals surface area contributed by atoms with Crippen LogP contribution < -0.4 is 10.1 Å². The number of unbranched alkanes of at least 4 members (excludes halogenated alkanes) is 8. The molecule has 2 amide bonds. The smallest absolute Gasteiger partial charge is 0.247 e. The first-order valence-electron chi connectivity index (χ1n) is 17.0. The number of aromatic amines is 1. The molecule has 3 atom stereocenters. The van der Waals surface area contributed by atoms with E-state index in [1.54, 1.807) is 11.0 Å². The second-order valence-electron chi connectivity index (χ2n) is 12.2. The van der Waals surface area contributed by atoms with E-state index in [0.717, 1.165) is 39.4 Å². The molecule has 9 heteroatoms. The Labute approximate surface area is 287 Å². The SMILES string of the molecule is CCCCCCCCCCCC(=O)N(CCc1cc2ccccc2[nH]1)[C@@H]1CC(C(=O)NCCO)=C[C@H](Oc2ccccc2I)[C@H]1O. The number of nitrogens with zero attached hydrogens (tertiary/aromatic N) is 1. The van der Waals surface area contributed by atoms with E-state index in [1.165, 1.54) is 38.5 Å². The van der Waals surface area contributed by atoms with Gasteiger partial charge in [-0.15, -0.1) is 0 Å². The minimum absolute atomic E-state index is 0.0202. The molecular formula is C37H50IN3O5. The van der Waals surface area contributed by atoms with Gasteiger partial charge in [-0.25, -0.2) is 0 Å². The van der Waals surface area contributed by atoms with Gasteiger partial charge in [-0.1, -0.05) is 88.6 Å². The summed E-state index contributed by atoms with van der Waals surface area (Å²) in [6.45, 7) is 2.56. The molecule has 1 aliphatic carbocycles. The van der Waals surface area contributed by atoms with Crippen LogP contribution in [0.2, 0.25) is 0 Å². The summed E-state index contributed by atoms with van der Waals surface area (Å²) in [7, 11) is 0. The number of hydrogen-bond acceptors (Lipinski definition) is 5. The largest absolute Gasteiger partial charge is 0.482 e. The van der Waals surface area contributed by atoms with Crippen molar-refractivity contribution in [2.45, 2.75) is 102 Å². The van der Waals surface area contributed by atoms with Crippen LogP contribution in [0.3, 0.4) is 0 Å². The second-order valence-corrected chi connectivity index (χ2v) is 13.4. The van der Waals surface area contributed by atoms with E-state index in [4.69, 9.17) is 4.74 Å². The Morgan fingerprint density at radius 1 is 1.00 bits per heavy atom. The van der Waals surface area contributed by atoms with E-state index in [9.17, 15) is 19.8 Å². The standard InChI is InChI=1S/C37H50IN3O5/c1-2-3-4-5-6-7-8-9-10-19-35(43)41(22-20-29-24-27-15-11-13-17-31(27)40-29)32-25-28(37(45)39-21-23-42)26-34(36(32)44)46-33-18-14-12-16-30(33)38/h11-18,24,26,32,34,36,40,42,44H,2-10,19-23,25H2,1H3,(H,39,45)/t32-,34+,36+/m1/s1. The summed E-state index contributed by atoms with van der Waals surface area (Å²) in [5, 5.41) is 24.9. The number of H-pyrrole nitrogens is 1. The van der Waals surface area contributed by atoms with Gasteiger partial charge in [0.25, 0.3) is 0 Å². The number of aromatic nitrogens is 1. The molecule has 1 aliphatic rings. The lowest BCUT2D eigenvalue weighted by atomic mass is 9.87. The number of hydrogen-bond donors (Lipinski definition) is 4. The summed E-state index contributed by atoms with van der Waals surface area (Å²) in [5.74, 6) is 0.252. The molecule has 0 unspecified atom stereocenters. The van der Waals surface area contributed by atoms with Gasteiger partial charge in [-0.2, -0.15) is 0 Å². The van der Waals surface area contributed by atoms with Gasteiger partial charge in [0.15, 0.2) is 0 Å². The summed E-state index contributed by atoms with van der Waals surface area (Å²) in [6, 6.07) is 17.1. The monoisotopic (exact) mass is 743 g/mol. The summed E-state index contributed by atoms with van der Waals surface area (Å²) in [5.41, 5.74) is 2.49. The molecular weight excluding hydrogens is 693 g/mol. The summed E-state index contributed by atoms with van der Waals surface area (Å²) < 4.78 is 7.18. The van der Waals surface area contributed by atoms with Crippen LogP contribution in [-0.4, -0.2) is 69.9 Å². The fraction of sp³-hybridized carbons (Fsp3) is 0.514. The van der Waals surface area contributed by atoms with E-state index in [-0.39, 0.29) is 31.4 Å². The van der Waals surface area contributed by atoms with E-state index < -0.39 is 18.2 Å². The molecule has 46 heavy (non-hydrogen) atoms. The zero-order valence-electron chi connectivity index (χ0n) is 27.1. The predicted octanol–water partition coefficient (Wildman–Crippen LogP) is 6.68. The van der Waals surface area contributed by atoms with Crippen LogP contribution >= 0.6 is 22.6 Å². The van der Waals surface area contributed by atoms with E-state index in [0.29, 0.717) is 30.7 Å². The van der Waals surface area contributed by atoms with Crippen LogP contribution in [0.4, 0.5) is 0 Å². The normalized spacial score (nSPS) is 17.9. The van der Waals surface area contributed by atoms with Gasteiger partial charge in [0, 0.05) is 49.1 Å². The molecule has 2 aromatic carbocycles. The van der Waals surface area contributed by atoms with Crippen molar-refractivity contribution >= 4 is 45.3 Å². The Morgan fingerprint density at radius 2 is 1.70 bits per heavy atom. The van der Waals surface area contributed by atoms with Crippen molar-refractivity contribution in [1.82, 2.24) is 15.2 Å². The number of ether oxygens (including phenoxy) is 1. The maximum absolute atomic E-state index is 14.0. The summed E-state index contributed by atoms with van der Waals surface area (Å²) in [6.07, 6.45) is 11.4. The zero-order chi connectivity index (χ0) is 32.7. The third-order valence-corrected chi connectivity index (χ3v) is 9.63. The Kier molecular flexibility index (Phi) is 14.9. The lowest BCUT2D eigenvalue weighted by molar-refractivity contribution is -0.138. The maximum Gasteiger partial charge on any atom is 0.247 e. The number of aliphatic hydroxyl groups is 2. The first-order valence-corrected chi connectivity index (χ1v) is 18.0. The first kappa shape index (κ1) is 36.0. The molecule has 0 bridgehead atoms. The molecule has 3 aromatic rings. The molecule has 4 rings (SSSR count). The van der Waals surface area contributed by atoms with Crippen molar-refractivity contribution in [1.29, 1.82) is 0 Å². The third kappa shape index (κ3) is 10.6. The highest BCUT2D eigenvalue weighted by molar-refractivity contribution is 14.1. The van der Waals surface area contributed by atoms with Crippen molar-refractivity contribution < 1.29 is 24.5 Å². The fourth-order valence-corrected chi connectivity index (χ4v) is 6.70. The average Bonchev–Trinajstić information content (AvgIpc) is 3.48. The number of para-hydroxylation sites is 2. The first-order chi connectivity index (χ1) is 22.4. The molecule has 0 spiro atoms. The molecule has 4 N–H and O–H groups in total. The second kappa shape index (κ2) is 19.1. The van der Waals surface area contributed by atoms with Gasteiger partial charge in [-0.05, 0) is 64.7 Å². The summed E-state index contributed by atoms with van der Waals surface area (Å²) in [4.78, 5) is 32.4. The number of carbonyl (C=O) groups is 2. The van der Waals surface area contributed by atoms with Crippen LogP contribution in [0.15, 0.2) is 66.2 Å². The van der Waals surface area contributed by atoms with Gasteiger partial charge >= 0.3 is 0 Å². The van der Waals surface area contributed by atoms with Crippen molar-refractivity contribution in [3.63, 3.8) is 0 Å². The highest BCUT2D eigenvalue weighted by Crippen LogP contribution is 2.30. The Hall–Kier alpha value is -2.89. The molecule has 0 saturated carbocycles. The lowest BCUT2D eigenvalue weighted by Crippen LogP contribution is -2.55. The topological polar surface area (TPSA) is 115 Å². The molecule has 1 aromatic heterocycles. The highest BCUT2D eigenvalue weighted by atomic mass is 127. The average molecular weight is 744 g/mol. The predicted molar refractivity (Wildman–Crippen MR) is 192 cm³/mol. The van der Waals surface area contributed by atoms with Crippen molar-refractivity contribution in [3.8, 4) is 5.75 Å². The van der Waals surface area contributed by atoms with E-state index in [2.05, 4.69) is 51.9 Å². The number of benzene rings is 2. The van der Waals surface area contributed by atoms with Gasteiger partial charge in [0.1, 0.15) is 18.0 Å². The van der Waals surface area contributed by atoms with E-state index >= 15 is 0 Å². The van der Waals surface area contributed by atoms with Gasteiger partial charge in [0.2, 0.25) is 11.8 Å². The van der Waals surface area contributed by atoms with Crippen LogP contribution in [0, 0.1) is 3.57 Å². The minimum atomic E-state index is -1.04. The Balaban J connectivity index is 1.51. The van der Waals surface area contributed by atoms with Crippen molar-refractivity contribution in [2.75, 3.05) is 19.7 Å². The number of rotatable bonds is 19. The van der Waals surface area contributed by atoms with Crippen molar-refractivity contribution in [3.05, 3.63) is 75.5 Å². The van der Waals surface area contributed by atoms with E-state index in [1.807, 2.05) is 42.5 Å². The van der Waals surface area contributed by atoms with Crippen LogP contribution in [0.5, 0.6) is 5.75 Å². The highest BCUT2D eigenvalue weighted by Gasteiger charge is 2.40. The Morgan fingerprint density at radius 3 is 2.41 bits per heavy atom. The lowest BCUT2D eigenvalue weighted by Gasteiger charge is -2.40. The molecule has 250 valence electrons. The quantitative estimate of drug-likeness (QED) is 0.0809. The van der Waals surface area contributed by atoms with Gasteiger partial charge in [-0.3, -0.25) is 9.59 Å². The fourth-order valence-electron chi connectivity index (χ4n) is 6.18. The summed E-state index contributed by atoms with van der Waals surface area (Å²) >= 11 is 2.19. The van der Waals surface area contributed by atoms with Gasteiger partial charge < -0.3 is 30.2 Å². The number of halogens is 1. The number of fused-ring (bicyclic) bond motifs is 1. The zero-order valence-corrected chi connectivity index (χ0v) is 29.2. The molecule has 0 saturated heterocycles. The number of carbonyl (C=O) groups excluding carboxylic acids is 2. The molecule has 8 nitrogen and oxygen atoms in total. The molecule has 1 heterocycles.